The minimum atomic E-state index is -2.04. The lowest BCUT2D eigenvalue weighted by Crippen LogP contribution is -2.57. The number of halogens is 2. The molecule has 2 heterocycles. The van der Waals surface area contributed by atoms with Gasteiger partial charge in [-0.15, -0.1) is 0 Å². The number of ether oxygens (including phenoxy) is 2. The topological polar surface area (TPSA) is 114 Å². The molecule has 2 aromatic rings. The van der Waals surface area contributed by atoms with Crippen molar-refractivity contribution >= 4 is 21.8 Å². The number of rotatable bonds is 2. The van der Waals surface area contributed by atoms with E-state index in [1.165, 1.54) is 24.3 Å². The van der Waals surface area contributed by atoms with Crippen molar-refractivity contribution in [1.82, 2.24) is 0 Å². The first kappa shape index (κ1) is 20.0. The molecule has 0 amide bonds. The van der Waals surface area contributed by atoms with Crippen molar-refractivity contribution in [3.05, 3.63) is 69.9 Å². The second-order valence-corrected chi connectivity index (χ2v) is 8.24. The lowest BCUT2D eigenvalue weighted by Gasteiger charge is -2.48. The Morgan fingerprint density at radius 2 is 1.60 bits per heavy atom. The molecule has 0 aliphatic carbocycles. The Balaban J connectivity index is 2.03. The monoisotopic (exact) mass is 464 g/mol. The number of nitrogens with one attached hydrogen (secondary N) is 1. The van der Waals surface area contributed by atoms with Crippen molar-refractivity contribution in [2.45, 2.75) is 18.8 Å². The molecule has 2 aliphatic rings. The molecule has 2 saturated heterocycles. The molecule has 30 heavy (non-hydrogen) atoms. The van der Waals surface area contributed by atoms with Gasteiger partial charge >= 0.3 is 0 Å². The third-order valence-corrected chi connectivity index (χ3v) is 6.62. The zero-order valence-electron chi connectivity index (χ0n) is 15.7. The molecule has 4 rings (SSSR count). The maximum absolute atomic E-state index is 13.6. The predicted octanol–water partition coefficient (Wildman–Crippen LogP) is 4.70. The summed E-state index contributed by atoms with van der Waals surface area (Å²) in [4.78, 5) is 0. The number of nitrogens with zero attached hydrogens (tertiary/aromatic N) is 3. The van der Waals surface area contributed by atoms with E-state index in [0.717, 1.165) is 4.47 Å². The Morgan fingerprint density at radius 3 is 2.13 bits per heavy atom. The molecular weight excluding hydrogens is 451 g/mol. The summed E-state index contributed by atoms with van der Waals surface area (Å²) in [5.74, 6) is -3.50. The molecule has 8 heteroatoms. The van der Waals surface area contributed by atoms with Gasteiger partial charge in [-0.2, -0.15) is 15.8 Å². The average molecular weight is 465 g/mol. The van der Waals surface area contributed by atoms with E-state index in [1.807, 2.05) is 12.1 Å². The van der Waals surface area contributed by atoms with E-state index < -0.39 is 40.4 Å². The highest BCUT2D eigenvalue weighted by molar-refractivity contribution is 9.10. The van der Waals surface area contributed by atoms with Crippen LogP contribution in [0.1, 0.15) is 24.2 Å². The molecule has 2 aromatic carbocycles. The van der Waals surface area contributed by atoms with Gasteiger partial charge in [-0.25, -0.2) is 4.39 Å². The van der Waals surface area contributed by atoms with Crippen LogP contribution < -0.4 is 0 Å². The number of benzene rings is 2. The predicted molar refractivity (Wildman–Crippen MR) is 106 cm³/mol. The lowest BCUT2D eigenvalue weighted by molar-refractivity contribution is -0.288. The fraction of sp³-hybridized carbons (Fsp3) is 0.273. The Labute approximate surface area is 180 Å². The smallest absolute Gasteiger partial charge is 0.244 e. The average Bonchev–Trinajstić information content (AvgIpc) is 2.91. The number of fused-ring (bicyclic) bond motifs is 2. The van der Waals surface area contributed by atoms with E-state index in [9.17, 15) is 20.2 Å². The summed E-state index contributed by atoms with van der Waals surface area (Å²) in [5.41, 5.74) is -3.05. The van der Waals surface area contributed by atoms with Gasteiger partial charge in [0.1, 0.15) is 11.9 Å². The molecule has 4 atom stereocenters. The van der Waals surface area contributed by atoms with E-state index in [2.05, 4.69) is 22.0 Å². The second kappa shape index (κ2) is 6.64. The maximum Gasteiger partial charge on any atom is 0.244 e. The third kappa shape index (κ3) is 2.25. The van der Waals surface area contributed by atoms with Crippen LogP contribution in [0.5, 0.6) is 0 Å². The largest absolute Gasteiger partial charge is 0.443 e. The molecule has 0 aromatic heterocycles. The van der Waals surface area contributed by atoms with E-state index in [1.54, 1.807) is 31.2 Å². The van der Waals surface area contributed by atoms with E-state index in [4.69, 9.17) is 14.9 Å². The molecule has 148 valence electrons. The third-order valence-electron chi connectivity index (χ3n) is 6.09. The van der Waals surface area contributed by atoms with E-state index >= 15 is 0 Å². The second-order valence-electron chi connectivity index (χ2n) is 7.33. The molecular formula is C22H14BrFN4O2. The van der Waals surface area contributed by atoms with Gasteiger partial charge in [-0.3, -0.25) is 5.41 Å². The molecule has 2 bridgehead atoms. The van der Waals surface area contributed by atoms with Crippen LogP contribution in [0.2, 0.25) is 0 Å². The van der Waals surface area contributed by atoms with Gasteiger partial charge < -0.3 is 9.47 Å². The fourth-order valence-electron chi connectivity index (χ4n) is 4.49. The zero-order valence-corrected chi connectivity index (χ0v) is 17.3. The molecule has 0 spiro atoms. The van der Waals surface area contributed by atoms with Gasteiger partial charge in [0.25, 0.3) is 0 Å². The highest BCUT2D eigenvalue weighted by atomic mass is 79.9. The summed E-state index contributed by atoms with van der Waals surface area (Å²) >= 11 is 3.35. The van der Waals surface area contributed by atoms with Gasteiger partial charge in [-0.05, 0) is 42.0 Å². The number of nitriles is 3. The fourth-order valence-corrected chi connectivity index (χ4v) is 4.75. The minimum absolute atomic E-state index is 0.393. The highest BCUT2D eigenvalue weighted by Crippen LogP contribution is 2.68. The van der Waals surface area contributed by atoms with Crippen LogP contribution in [-0.4, -0.2) is 5.90 Å². The van der Waals surface area contributed by atoms with Crippen LogP contribution in [0.15, 0.2) is 53.0 Å². The van der Waals surface area contributed by atoms with Gasteiger partial charge in [-0.1, -0.05) is 35.0 Å². The molecule has 0 saturated carbocycles. The summed E-state index contributed by atoms with van der Waals surface area (Å²) < 4.78 is 26.5. The SMILES string of the molecule is CC1C2(c3ccc(F)cc3)OC(=N)C1(C#N)C(C#N)(C#N)C(c1ccc(Br)cc1)O2. The highest BCUT2D eigenvalue weighted by Gasteiger charge is 2.79. The van der Waals surface area contributed by atoms with E-state index in [0.29, 0.717) is 11.1 Å². The van der Waals surface area contributed by atoms with Crippen molar-refractivity contribution in [2.24, 2.45) is 16.7 Å². The minimum Gasteiger partial charge on any atom is -0.443 e. The van der Waals surface area contributed by atoms with Crippen LogP contribution in [0.25, 0.3) is 0 Å². The molecule has 2 fully saturated rings. The number of hydrogen-bond acceptors (Lipinski definition) is 6. The molecule has 2 aliphatic heterocycles. The van der Waals surface area contributed by atoms with Gasteiger partial charge in [0.15, 0.2) is 5.41 Å². The van der Waals surface area contributed by atoms with Crippen molar-refractivity contribution in [3.63, 3.8) is 0 Å². The summed E-state index contributed by atoms with van der Waals surface area (Å²) in [6.45, 7) is 1.61. The maximum atomic E-state index is 13.6. The lowest BCUT2D eigenvalue weighted by atomic mass is 9.53. The summed E-state index contributed by atoms with van der Waals surface area (Å²) in [6, 6.07) is 18.2. The van der Waals surface area contributed by atoms with Crippen LogP contribution in [0.4, 0.5) is 4.39 Å². The quantitative estimate of drug-likeness (QED) is 0.691. The Hall–Kier alpha value is -3.25. The Bertz CT molecular complexity index is 1150. The van der Waals surface area contributed by atoms with Gasteiger partial charge in [0.05, 0.1) is 24.1 Å². The van der Waals surface area contributed by atoms with E-state index in [-0.39, 0.29) is 0 Å². The zero-order chi connectivity index (χ0) is 21.7. The normalized spacial score (nSPS) is 31.1. The summed E-state index contributed by atoms with van der Waals surface area (Å²) in [7, 11) is 0. The first-order valence-electron chi connectivity index (χ1n) is 9.02. The summed E-state index contributed by atoms with van der Waals surface area (Å²) in [6.07, 6.45) is -1.19. The molecule has 1 N–H and O–H groups in total. The van der Waals surface area contributed by atoms with Crippen molar-refractivity contribution in [1.29, 1.82) is 21.2 Å². The van der Waals surface area contributed by atoms with Crippen LogP contribution >= 0.6 is 15.9 Å². The molecule has 4 unspecified atom stereocenters. The standard InChI is InChI=1S/C22H14BrFN4O2/c1-13-21(12-27)19(28)30-22(13,15-4-8-17(24)9-5-15)29-18(20(21,10-25)11-26)14-2-6-16(23)7-3-14/h2-9,13,18,28H,1H3. The Morgan fingerprint density at radius 1 is 1.00 bits per heavy atom. The first-order chi connectivity index (χ1) is 14.3. The van der Waals surface area contributed by atoms with Gasteiger partial charge in [0, 0.05) is 10.0 Å². The first-order valence-corrected chi connectivity index (χ1v) is 9.81. The Kier molecular flexibility index (Phi) is 4.43. The molecule has 6 nitrogen and oxygen atoms in total. The van der Waals surface area contributed by atoms with Crippen molar-refractivity contribution in [2.75, 3.05) is 0 Å². The van der Waals surface area contributed by atoms with Crippen LogP contribution in [0.3, 0.4) is 0 Å². The van der Waals surface area contributed by atoms with Crippen molar-refractivity contribution in [3.8, 4) is 18.2 Å². The summed E-state index contributed by atoms with van der Waals surface area (Å²) in [5, 5.41) is 39.0. The number of hydrogen-bond donors (Lipinski definition) is 1. The van der Waals surface area contributed by atoms with Crippen LogP contribution in [-0.2, 0) is 15.3 Å². The van der Waals surface area contributed by atoms with Gasteiger partial charge in [0.2, 0.25) is 17.1 Å². The van der Waals surface area contributed by atoms with Crippen molar-refractivity contribution < 1.29 is 13.9 Å². The van der Waals surface area contributed by atoms with Crippen LogP contribution in [0, 0.1) is 62.0 Å². The molecule has 0 radical (unpaired) electrons.